The van der Waals surface area contributed by atoms with Gasteiger partial charge >= 0.3 is 0 Å². The lowest BCUT2D eigenvalue weighted by Gasteiger charge is -2.25. The van der Waals surface area contributed by atoms with Gasteiger partial charge in [0, 0.05) is 18.2 Å². The Morgan fingerprint density at radius 2 is 2.20 bits per heavy atom. The molecule has 2 aromatic heterocycles. The molecule has 3 heterocycles. The highest BCUT2D eigenvalue weighted by Crippen LogP contribution is 2.28. The summed E-state index contributed by atoms with van der Waals surface area (Å²) >= 11 is 0. The zero-order valence-corrected chi connectivity index (χ0v) is 12.2. The van der Waals surface area contributed by atoms with Gasteiger partial charge in [0.25, 0.3) is 0 Å². The van der Waals surface area contributed by atoms with E-state index in [4.69, 9.17) is 4.52 Å². The highest BCUT2D eigenvalue weighted by Gasteiger charge is 2.25. The summed E-state index contributed by atoms with van der Waals surface area (Å²) in [5.74, 6) is 1.71. The van der Waals surface area contributed by atoms with E-state index in [2.05, 4.69) is 33.4 Å². The first-order valence-corrected chi connectivity index (χ1v) is 7.14. The van der Waals surface area contributed by atoms with Gasteiger partial charge < -0.3 is 9.84 Å². The maximum absolute atomic E-state index is 5.46. The van der Waals surface area contributed by atoms with Crippen molar-refractivity contribution in [2.75, 3.05) is 6.54 Å². The molecule has 0 aliphatic carbocycles. The third kappa shape index (κ3) is 2.58. The van der Waals surface area contributed by atoms with Crippen LogP contribution in [0.25, 0.3) is 11.5 Å². The minimum absolute atomic E-state index is 0.359. The molecule has 3 rings (SSSR count). The molecule has 1 aliphatic rings. The van der Waals surface area contributed by atoms with E-state index in [0.717, 1.165) is 42.1 Å². The summed E-state index contributed by atoms with van der Waals surface area (Å²) in [4.78, 5) is 8.99. The van der Waals surface area contributed by atoms with Crippen LogP contribution in [-0.2, 0) is 0 Å². The minimum Gasteiger partial charge on any atom is -0.339 e. The molecule has 0 radical (unpaired) electrons. The second-order valence-electron chi connectivity index (χ2n) is 5.71. The zero-order valence-electron chi connectivity index (χ0n) is 12.2. The maximum Gasteiger partial charge on any atom is 0.230 e. The summed E-state index contributed by atoms with van der Waals surface area (Å²) in [5, 5.41) is 7.54. The topological polar surface area (TPSA) is 63.8 Å². The highest BCUT2D eigenvalue weighted by atomic mass is 16.5. The lowest BCUT2D eigenvalue weighted by atomic mass is 9.93. The Morgan fingerprint density at radius 1 is 1.35 bits per heavy atom. The summed E-state index contributed by atoms with van der Waals surface area (Å²) in [7, 11) is 0. The number of aromatic nitrogens is 3. The van der Waals surface area contributed by atoms with Crippen molar-refractivity contribution in [1.82, 2.24) is 20.4 Å². The highest BCUT2D eigenvalue weighted by molar-refractivity contribution is 5.54. The number of nitrogens with one attached hydrogen (secondary N) is 1. The summed E-state index contributed by atoms with van der Waals surface area (Å²) in [6.45, 7) is 7.25. The molecule has 2 atom stereocenters. The van der Waals surface area contributed by atoms with E-state index in [1.807, 2.05) is 20.0 Å². The van der Waals surface area contributed by atoms with E-state index in [0.29, 0.717) is 17.8 Å². The summed E-state index contributed by atoms with van der Waals surface area (Å²) in [6, 6.07) is 2.59. The molecule has 1 fully saturated rings. The van der Waals surface area contributed by atoms with Gasteiger partial charge in [-0.05, 0) is 51.3 Å². The van der Waals surface area contributed by atoms with E-state index in [1.165, 1.54) is 0 Å². The molecule has 5 heteroatoms. The fourth-order valence-corrected chi connectivity index (χ4v) is 2.80. The lowest BCUT2D eigenvalue weighted by Crippen LogP contribution is -2.34. The number of hydrogen-bond donors (Lipinski definition) is 1. The van der Waals surface area contributed by atoms with Crippen LogP contribution in [0.1, 0.15) is 42.7 Å². The maximum atomic E-state index is 5.46. The summed E-state index contributed by atoms with van der Waals surface area (Å²) in [5.41, 5.74) is 3.03. The van der Waals surface area contributed by atoms with Crippen molar-refractivity contribution in [2.24, 2.45) is 0 Å². The Hall–Kier alpha value is -1.75. The van der Waals surface area contributed by atoms with Crippen molar-refractivity contribution in [3.8, 4) is 11.5 Å². The standard InChI is InChI=1S/C15H20N4O/c1-9-6-10(2)13(17-8-9)14-18-15(20-19-14)12-4-5-16-11(3)7-12/h6,8,11-12,16H,4-5,7H2,1-3H3. The monoisotopic (exact) mass is 272 g/mol. The van der Waals surface area contributed by atoms with Gasteiger partial charge in [-0.15, -0.1) is 0 Å². The van der Waals surface area contributed by atoms with Gasteiger partial charge in [-0.25, -0.2) is 0 Å². The molecule has 0 aromatic carbocycles. The quantitative estimate of drug-likeness (QED) is 0.910. The van der Waals surface area contributed by atoms with Gasteiger partial charge in [-0.3, -0.25) is 4.98 Å². The lowest BCUT2D eigenvalue weighted by molar-refractivity contribution is 0.295. The third-order valence-electron chi connectivity index (χ3n) is 3.84. The zero-order chi connectivity index (χ0) is 14.1. The van der Waals surface area contributed by atoms with Crippen LogP contribution in [0.4, 0.5) is 0 Å². The minimum atomic E-state index is 0.359. The molecule has 2 unspecified atom stereocenters. The van der Waals surface area contributed by atoms with Gasteiger partial charge in [0.05, 0.1) is 0 Å². The fraction of sp³-hybridized carbons (Fsp3) is 0.533. The Kier molecular flexibility index (Phi) is 3.53. The molecule has 0 amide bonds. The van der Waals surface area contributed by atoms with Gasteiger partial charge in [0.15, 0.2) is 0 Å². The van der Waals surface area contributed by atoms with Gasteiger partial charge in [-0.2, -0.15) is 4.98 Å². The van der Waals surface area contributed by atoms with Crippen molar-refractivity contribution >= 4 is 0 Å². The van der Waals surface area contributed by atoms with Gasteiger partial charge in [-0.1, -0.05) is 11.2 Å². The van der Waals surface area contributed by atoms with E-state index < -0.39 is 0 Å². The van der Waals surface area contributed by atoms with Crippen LogP contribution in [0.15, 0.2) is 16.8 Å². The number of aryl methyl sites for hydroxylation is 2. The number of piperidine rings is 1. The number of rotatable bonds is 2. The molecule has 106 valence electrons. The second kappa shape index (κ2) is 5.32. The predicted molar refractivity (Wildman–Crippen MR) is 76.4 cm³/mol. The van der Waals surface area contributed by atoms with E-state index in [1.54, 1.807) is 0 Å². The molecule has 1 aliphatic heterocycles. The molecular formula is C15H20N4O. The first-order chi connectivity index (χ1) is 9.63. The van der Waals surface area contributed by atoms with Crippen LogP contribution in [0, 0.1) is 13.8 Å². The number of hydrogen-bond acceptors (Lipinski definition) is 5. The molecule has 0 saturated carbocycles. The molecule has 5 nitrogen and oxygen atoms in total. The van der Waals surface area contributed by atoms with Crippen molar-refractivity contribution in [1.29, 1.82) is 0 Å². The van der Waals surface area contributed by atoms with Crippen molar-refractivity contribution < 1.29 is 4.52 Å². The van der Waals surface area contributed by atoms with E-state index in [-0.39, 0.29) is 0 Å². The van der Waals surface area contributed by atoms with Crippen LogP contribution in [0.2, 0.25) is 0 Å². The van der Waals surface area contributed by atoms with Crippen LogP contribution in [0.5, 0.6) is 0 Å². The van der Waals surface area contributed by atoms with E-state index >= 15 is 0 Å². The second-order valence-corrected chi connectivity index (χ2v) is 5.71. The first kappa shape index (κ1) is 13.2. The first-order valence-electron chi connectivity index (χ1n) is 7.14. The predicted octanol–water partition coefficient (Wildman–Crippen LogP) is 2.60. The number of pyridine rings is 1. The Morgan fingerprint density at radius 3 is 2.95 bits per heavy atom. The number of nitrogens with zero attached hydrogens (tertiary/aromatic N) is 3. The Bertz CT molecular complexity index is 608. The largest absolute Gasteiger partial charge is 0.339 e. The van der Waals surface area contributed by atoms with Crippen LogP contribution in [-0.4, -0.2) is 27.7 Å². The van der Waals surface area contributed by atoms with Crippen LogP contribution < -0.4 is 5.32 Å². The van der Waals surface area contributed by atoms with Crippen LogP contribution in [0.3, 0.4) is 0 Å². The van der Waals surface area contributed by atoms with Gasteiger partial charge in [0.2, 0.25) is 11.7 Å². The molecular weight excluding hydrogens is 252 g/mol. The average molecular weight is 272 g/mol. The Balaban J connectivity index is 1.86. The molecule has 20 heavy (non-hydrogen) atoms. The molecule has 1 saturated heterocycles. The Labute approximate surface area is 118 Å². The van der Waals surface area contributed by atoms with Gasteiger partial charge in [0.1, 0.15) is 5.69 Å². The van der Waals surface area contributed by atoms with Crippen LogP contribution >= 0.6 is 0 Å². The fourth-order valence-electron chi connectivity index (χ4n) is 2.80. The molecule has 0 bridgehead atoms. The van der Waals surface area contributed by atoms with E-state index in [9.17, 15) is 0 Å². The average Bonchev–Trinajstić information content (AvgIpc) is 2.88. The smallest absolute Gasteiger partial charge is 0.230 e. The summed E-state index contributed by atoms with van der Waals surface area (Å²) in [6.07, 6.45) is 3.93. The third-order valence-corrected chi connectivity index (χ3v) is 3.84. The molecule has 1 N–H and O–H groups in total. The summed E-state index contributed by atoms with van der Waals surface area (Å²) < 4.78 is 5.46. The molecule has 2 aromatic rings. The van der Waals surface area contributed by atoms with Crippen molar-refractivity contribution in [2.45, 2.75) is 45.6 Å². The van der Waals surface area contributed by atoms with Crippen molar-refractivity contribution in [3.63, 3.8) is 0 Å². The van der Waals surface area contributed by atoms with Crippen molar-refractivity contribution in [3.05, 3.63) is 29.3 Å². The molecule has 0 spiro atoms. The normalized spacial score (nSPS) is 22.9. The SMILES string of the molecule is Cc1cnc(-c2noc(C3CCNC(C)C3)n2)c(C)c1.